The molecule has 0 bridgehead atoms. The number of carbonyl (C=O) groups is 1. The van der Waals surface area contributed by atoms with E-state index in [9.17, 15) is 4.79 Å². The average molecular weight is 272 g/mol. The maximum Gasteiger partial charge on any atom is 0.253 e. The third kappa shape index (κ3) is 2.85. The van der Waals surface area contributed by atoms with E-state index in [0.717, 1.165) is 22.6 Å². The van der Waals surface area contributed by atoms with Crippen molar-refractivity contribution in [1.82, 2.24) is 5.32 Å². The van der Waals surface area contributed by atoms with Crippen molar-refractivity contribution in [3.05, 3.63) is 52.5 Å². The Morgan fingerprint density at radius 1 is 1.25 bits per heavy atom. The Kier molecular flexibility index (Phi) is 3.84. The van der Waals surface area contributed by atoms with Crippen molar-refractivity contribution in [2.24, 2.45) is 0 Å². The van der Waals surface area contributed by atoms with Crippen LogP contribution in [-0.4, -0.2) is 5.91 Å². The lowest BCUT2D eigenvalue weighted by molar-refractivity contribution is 0.0940. The lowest BCUT2D eigenvalue weighted by Gasteiger charge is -2.14. The number of aryl methyl sites for hydroxylation is 3. The highest BCUT2D eigenvalue weighted by Gasteiger charge is 2.17. The molecule has 0 aliphatic heterocycles. The van der Waals surface area contributed by atoms with Gasteiger partial charge in [-0.05, 0) is 51.5 Å². The van der Waals surface area contributed by atoms with Gasteiger partial charge in [0.2, 0.25) is 0 Å². The van der Waals surface area contributed by atoms with Crippen LogP contribution in [0.15, 0.2) is 28.7 Å². The minimum absolute atomic E-state index is 0.124. The van der Waals surface area contributed by atoms with Gasteiger partial charge >= 0.3 is 0 Å². The molecule has 3 N–H and O–H groups in total. The first-order valence-electron chi connectivity index (χ1n) is 6.62. The monoisotopic (exact) mass is 272 g/mol. The fourth-order valence-electron chi connectivity index (χ4n) is 2.32. The summed E-state index contributed by atoms with van der Waals surface area (Å²) < 4.78 is 5.49. The summed E-state index contributed by atoms with van der Waals surface area (Å²) in [5.41, 5.74) is 8.91. The fraction of sp³-hybridized carbons (Fsp3) is 0.312. The third-order valence-corrected chi connectivity index (χ3v) is 3.35. The molecule has 1 heterocycles. The van der Waals surface area contributed by atoms with Crippen LogP contribution in [0, 0.1) is 20.8 Å². The lowest BCUT2D eigenvalue weighted by atomic mass is 10.1. The second kappa shape index (κ2) is 5.41. The number of benzene rings is 1. The SMILES string of the molecule is Cc1ccc(C(=O)NC(C)c2cc(C)oc2C)c(N)c1. The fourth-order valence-corrected chi connectivity index (χ4v) is 2.32. The molecule has 0 aliphatic carbocycles. The Labute approximate surface area is 119 Å². The second-order valence-electron chi connectivity index (χ2n) is 5.15. The zero-order valence-corrected chi connectivity index (χ0v) is 12.3. The number of anilines is 1. The van der Waals surface area contributed by atoms with Gasteiger partial charge in [-0.2, -0.15) is 0 Å². The first-order valence-corrected chi connectivity index (χ1v) is 6.62. The number of hydrogen-bond donors (Lipinski definition) is 2. The van der Waals surface area contributed by atoms with Crippen LogP contribution in [0.4, 0.5) is 5.69 Å². The lowest BCUT2D eigenvalue weighted by Crippen LogP contribution is -2.27. The number of amides is 1. The molecule has 2 rings (SSSR count). The predicted molar refractivity (Wildman–Crippen MR) is 79.7 cm³/mol. The molecule has 0 saturated carbocycles. The first kappa shape index (κ1) is 14.2. The van der Waals surface area contributed by atoms with Crippen LogP contribution in [0.2, 0.25) is 0 Å². The van der Waals surface area contributed by atoms with Crippen LogP contribution < -0.4 is 11.1 Å². The van der Waals surface area contributed by atoms with Crippen LogP contribution in [-0.2, 0) is 0 Å². The van der Waals surface area contributed by atoms with Crippen molar-refractivity contribution in [2.75, 3.05) is 5.73 Å². The van der Waals surface area contributed by atoms with E-state index in [2.05, 4.69) is 5.32 Å². The molecular formula is C16H20N2O2. The van der Waals surface area contributed by atoms with Gasteiger partial charge in [0.25, 0.3) is 5.91 Å². The standard InChI is InChI=1S/C16H20N2O2/c1-9-5-6-13(15(17)7-9)16(19)18-11(3)14-8-10(2)20-12(14)4/h5-8,11H,17H2,1-4H3,(H,18,19). The van der Waals surface area contributed by atoms with Gasteiger partial charge in [-0.3, -0.25) is 4.79 Å². The molecule has 1 amide bonds. The minimum Gasteiger partial charge on any atom is -0.466 e. The molecule has 106 valence electrons. The Balaban J connectivity index is 2.17. The highest BCUT2D eigenvalue weighted by molar-refractivity contribution is 5.99. The predicted octanol–water partition coefficient (Wildman–Crippen LogP) is 3.28. The molecule has 0 radical (unpaired) electrons. The quantitative estimate of drug-likeness (QED) is 0.842. The highest BCUT2D eigenvalue weighted by Crippen LogP contribution is 2.22. The van der Waals surface area contributed by atoms with Gasteiger partial charge in [0.1, 0.15) is 11.5 Å². The van der Waals surface area contributed by atoms with E-state index in [1.165, 1.54) is 0 Å². The van der Waals surface area contributed by atoms with Crippen molar-refractivity contribution in [2.45, 2.75) is 33.7 Å². The van der Waals surface area contributed by atoms with E-state index in [1.54, 1.807) is 12.1 Å². The number of nitrogens with two attached hydrogens (primary N) is 1. The molecule has 4 nitrogen and oxygen atoms in total. The molecule has 4 heteroatoms. The summed E-state index contributed by atoms with van der Waals surface area (Å²) in [6, 6.07) is 7.25. The van der Waals surface area contributed by atoms with Crippen molar-refractivity contribution < 1.29 is 9.21 Å². The van der Waals surface area contributed by atoms with Crippen LogP contribution in [0.1, 0.15) is 46.0 Å². The molecule has 2 aromatic rings. The van der Waals surface area contributed by atoms with Gasteiger partial charge in [-0.15, -0.1) is 0 Å². The van der Waals surface area contributed by atoms with Gasteiger partial charge in [0.05, 0.1) is 11.6 Å². The Bertz CT molecular complexity index is 644. The zero-order chi connectivity index (χ0) is 14.9. The number of rotatable bonds is 3. The molecule has 1 unspecified atom stereocenters. The van der Waals surface area contributed by atoms with Crippen molar-refractivity contribution in [1.29, 1.82) is 0 Å². The molecule has 0 fully saturated rings. The van der Waals surface area contributed by atoms with Crippen LogP contribution in [0.25, 0.3) is 0 Å². The molecule has 0 saturated heterocycles. The molecule has 1 aromatic carbocycles. The Morgan fingerprint density at radius 3 is 2.50 bits per heavy atom. The van der Waals surface area contributed by atoms with Crippen LogP contribution >= 0.6 is 0 Å². The van der Waals surface area contributed by atoms with Gasteiger partial charge in [0.15, 0.2) is 0 Å². The topological polar surface area (TPSA) is 68.3 Å². The average Bonchev–Trinajstić information content (AvgIpc) is 2.68. The number of nitrogen functional groups attached to an aromatic ring is 1. The van der Waals surface area contributed by atoms with Crippen LogP contribution in [0.3, 0.4) is 0 Å². The van der Waals surface area contributed by atoms with Crippen molar-refractivity contribution in [3.63, 3.8) is 0 Å². The third-order valence-electron chi connectivity index (χ3n) is 3.35. The summed E-state index contributed by atoms with van der Waals surface area (Å²) in [6.45, 7) is 7.66. The summed E-state index contributed by atoms with van der Waals surface area (Å²) in [5.74, 6) is 1.49. The van der Waals surface area contributed by atoms with E-state index in [-0.39, 0.29) is 11.9 Å². The normalized spacial score (nSPS) is 12.2. The number of nitrogens with one attached hydrogen (secondary N) is 1. The van der Waals surface area contributed by atoms with Crippen molar-refractivity contribution in [3.8, 4) is 0 Å². The summed E-state index contributed by atoms with van der Waals surface area (Å²) in [7, 11) is 0. The van der Waals surface area contributed by atoms with Gasteiger partial charge in [-0.25, -0.2) is 0 Å². The maximum atomic E-state index is 12.3. The maximum absolute atomic E-state index is 12.3. The summed E-state index contributed by atoms with van der Waals surface area (Å²) in [4.78, 5) is 12.3. The minimum atomic E-state index is -0.173. The Morgan fingerprint density at radius 2 is 1.95 bits per heavy atom. The molecule has 0 spiro atoms. The van der Waals surface area contributed by atoms with E-state index in [1.807, 2.05) is 39.8 Å². The van der Waals surface area contributed by atoms with Gasteiger partial charge in [-0.1, -0.05) is 6.07 Å². The second-order valence-corrected chi connectivity index (χ2v) is 5.15. The molecule has 1 aromatic heterocycles. The zero-order valence-electron chi connectivity index (χ0n) is 12.3. The number of hydrogen-bond acceptors (Lipinski definition) is 3. The van der Waals surface area contributed by atoms with E-state index in [0.29, 0.717) is 11.3 Å². The molecule has 1 atom stereocenters. The van der Waals surface area contributed by atoms with Gasteiger partial charge in [0, 0.05) is 11.3 Å². The van der Waals surface area contributed by atoms with E-state index < -0.39 is 0 Å². The first-order chi connectivity index (χ1) is 9.38. The number of furan rings is 1. The van der Waals surface area contributed by atoms with Crippen LogP contribution in [0.5, 0.6) is 0 Å². The number of carbonyl (C=O) groups excluding carboxylic acids is 1. The van der Waals surface area contributed by atoms with Crippen molar-refractivity contribution >= 4 is 11.6 Å². The van der Waals surface area contributed by atoms with E-state index in [4.69, 9.17) is 10.2 Å². The smallest absolute Gasteiger partial charge is 0.253 e. The Hall–Kier alpha value is -2.23. The largest absolute Gasteiger partial charge is 0.466 e. The van der Waals surface area contributed by atoms with Gasteiger partial charge < -0.3 is 15.5 Å². The summed E-state index contributed by atoms with van der Waals surface area (Å²) >= 11 is 0. The molecule has 0 aliphatic rings. The highest BCUT2D eigenvalue weighted by atomic mass is 16.3. The molecule has 20 heavy (non-hydrogen) atoms. The summed E-state index contributed by atoms with van der Waals surface area (Å²) in [5, 5.41) is 2.95. The van der Waals surface area contributed by atoms with E-state index >= 15 is 0 Å². The molecular weight excluding hydrogens is 252 g/mol. The summed E-state index contributed by atoms with van der Waals surface area (Å²) in [6.07, 6.45) is 0.